The Labute approximate surface area is 226 Å². The van der Waals surface area contributed by atoms with Crippen molar-refractivity contribution in [3.8, 4) is 0 Å². The number of benzene rings is 1. The van der Waals surface area contributed by atoms with Crippen LogP contribution < -0.4 is 10.6 Å². The number of likely N-dealkylation sites (tertiary alicyclic amines) is 2. The SMILES string of the molecule is CC[C@@H](C)C(=O)N[C@H](C(=O)N1CC[C@@H]2[C@H]1[C@@H](C(=O)N[C@@H]1CCCc3ccccc31)CN2C(C)=O)C(C)(C)C. The normalized spacial score (nSPS) is 26.3. The molecule has 208 valence electrons. The molecule has 2 aliphatic heterocycles. The van der Waals surface area contributed by atoms with Crippen molar-refractivity contribution in [3.63, 3.8) is 0 Å². The highest BCUT2D eigenvalue weighted by molar-refractivity contribution is 5.91. The summed E-state index contributed by atoms with van der Waals surface area (Å²) in [6.45, 7) is 11.9. The van der Waals surface area contributed by atoms with Crippen LogP contribution in [-0.2, 0) is 25.6 Å². The van der Waals surface area contributed by atoms with Gasteiger partial charge in [-0.25, -0.2) is 0 Å². The summed E-state index contributed by atoms with van der Waals surface area (Å²) < 4.78 is 0. The number of fused-ring (bicyclic) bond motifs is 2. The van der Waals surface area contributed by atoms with Gasteiger partial charge in [0.05, 0.1) is 24.0 Å². The molecule has 1 aliphatic carbocycles. The number of amides is 4. The maximum atomic E-state index is 14.1. The van der Waals surface area contributed by atoms with Crippen molar-refractivity contribution < 1.29 is 19.2 Å². The van der Waals surface area contributed by atoms with Gasteiger partial charge in [-0.15, -0.1) is 0 Å². The third-order valence-electron chi connectivity index (χ3n) is 8.80. The Kier molecular flexibility index (Phi) is 8.19. The highest BCUT2D eigenvalue weighted by Gasteiger charge is 2.55. The maximum Gasteiger partial charge on any atom is 0.246 e. The number of hydrogen-bond donors (Lipinski definition) is 2. The van der Waals surface area contributed by atoms with Gasteiger partial charge in [0.2, 0.25) is 23.6 Å². The lowest BCUT2D eigenvalue weighted by Gasteiger charge is -2.37. The number of carbonyl (C=O) groups excluding carboxylic acids is 4. The van der Waals surface area contributed by atoms with Crippen LogP contribution >= 0.6 is 0 Å². The Bertz CT molecular complexity index is 1080. The second kappa shape index (κ2) is 11.1. The molecule has 2 heterocycles. The van der Waals surface area contributed by atoms with Crippen LogP contribution in [0, 0.1) is 17.3 Å². The number of carbonyl (C=O) groups is 4. The Morgan fingerprint density at radius 2 is 1.79 bits per heavy atom. The first-order valence-corrected chi connectivity index (χ1v) is 14.2. The highest BCUT2D eigenvalue weighted by Crippen LogP contribution is 2.38. The first-order chi connectivity index (χ1) is 17.9. The van der Waals surface area contributed by atoms with Gasteiger partial charge in [-0.1, -0.05) is 58.9 Å². The van der Waals surface area contributed by atoms with Gasteiger partial charge in [0.15, 0.2) is 0 Å². The molecule has 0 spiro atoms. The van der Waals surface area contributed by atoms with Crippen molar-refractivity contribution in [2.45, 2.75) is 97.8 Å². The Balaban J connectivity index is 1.59. The summed E-state index contributed by atoms with van der Waals surface area (Å²) in [5.74, 6) is -1.22. The van der Waals surface area contributed by atoms with Crippen molar-refractivity contribution >= 4 is 23.6 Å². The molecular weight excluding hydrogens is 480 g/mol. The van der Waals surface area contributed by atoms with Gasteiger partial charge in [-0.3, -0.25) is 19.2 Å². The second-order valence-corrected chi connectivity index (χ2v) is 12.4. The molecule has 0 aromatic heterocycles. The molecule has 1 aromatic carbocycles. The number of rotatable bonds is 6. The predicted octanol–water partition coefficient (Wildman–Crippen LogP) is 3.21. The van der Waals surface area contributed by atoms with Gasteiger partial charge in [0.25, 0.3) is 0 Å². The molecule has 2 fully saturated rings. The molecular formula is C30H44N4O4. The minimum Gasteiger partial charge on any atom is -0.349 e. The molecule has 6 atom stereocenters. The molecule has 3 aliphatic rings. The number of nitrogens with one attached hydrogen (secondary N) is 2. The highest BCUT2D eigenvalue weighted by atomic mass is 16.2. The van der Waals surface area contributed by atoms with Gasteiger partial charge in [0, 0.05) is 25.9 Å². The van der Waals surface area contributed by atoms with Gasteiger partial charge in [-0.05, 0) is 48.6 Å². The quantitative estimate of drug-likeness (QED) is 0.597. The summed E-state index contributed by atoms with van der Waals surface area (Å²) in [4.78, 5) is 56.8. The third-order valence-corrected chi connectivity index (χ3v) is 8.80. The zero-order valence-electron chi connectivity index (χ0n) is 23.8. The van der Waals surface area contributed by atoms with E-state index in [0.717, 1.165) is 24.8 Å². The van der Waals surface area contributed by atoms with E-state index in [4.69, 9.17) is 0 Å². The van der Waals surface area contributed by atoms with Gasteiger partial charge < -0.3 is 20.4 Å². The van der Waals surface area contributed by atoms with E-state index in [1.165, 1.54) is 12.5 Å². The molecule has 4 amide bonds. The monoisotopic (exact) mass is 524 g/mol. The van der Waals surface area contributed by atoms with Crippen molar-refractivity contribution in [2.75, 3.05) is 13.1 Å². The van der Waals surface area contributed by atoms with Gasteiger partial charge in [0.1, 0.15) is 6.04 Å². The van der Waals surface area contributed by atoms with Crippen LogP contribution in [0.5, 0.6) is 0 Å². The van der Waals surface area contributed by atoms with Crippen LogP contribution in [0.2, 0.25) is 0 Å². The van der Waals surface area contributed by atoms with E-state index in [9.17, 15) is 19.2 Å². The molecule has 8 nitrogen and oxygen atoms in total. The van der Waals surface area contributed by atoms with E-state index in [2.05, 4.69) is 22.8 Å². The lowest BCUT2D eigenvalue weighted by molar-refractivity contribution is -0.142. The fraction of sp³-hybridized carbons (Fsp3) is 0.667. The fourth-order valence-corrected chi connectivity index (χ4v) is 6.40. The molecule has 0 bridgehead atoms. The topological polar surface area (TPSA) is 98.8 Å². The zero-order valence-corrected chi connectivity index (χ0v) is 23.8. The van der Waals surface area contributed by atoms with E-state index in [1.54, 1.807) is 9.80 Å². The number of aryl methyl sites for hydroxylation is 1. The van der Waals surface area contributed by atoms with Crippen LogP contribution in [0.25, 0.3) is 0 Å². The Morgan fingerprint density at radius 3 is 2.45 bits per heavy atom. The van der Waals surface area contributed by atoms with E-state index in [0.29, 0.717) is 25.9 Å². The second-order valence-electron chi connectivity index (χ2n) is 12.4. The average molecular weight is 525 g/mol. The van der Waals surface area contributed by atoms with Crippen molar-refractivity contribution in [1.29, 1.82) is 0 Å². The first-order valence-electron chi connectivity index (χ1n) is 14.2. The Morgan fingerprint density at radius 1 is 1.08 bits per heavy atom. The molecule has 4 rings (SSSR count). The molecule has 0 saturated carbocycles. The summed E-state index contributed by atoms with van der Waals surface area (Å²) in [6, 6.07) is 6.84. The van der Waals surface area contributed by atoms with E-state index in [-0.39, 0.29) is 41.6 Å². The predicted molar refractivity (Wildman–Crippen MR) is 146 cm³/mol. The van der Waals surface area contributed by atoms with Crippen LogP contribution in [0.1, 0.15) is 84.4 Å². The van der Waals surface area contributed by atoms with E-state index >= 15 is 0 Å². The zero-order chi connectivity index (χ0) is 27.8. The molecule has 38 heavy (non-hydrogen) atoms. The van der Waals surface area contributed by atoms with Gasteiger partial charge >= 0.3 is 0 Å². The smallest absolute Gasteiger partial charge is 0.246 e. The van der Waals surface area contributed by atoms with Crippen LogP contribution in [0.15, 0.2) is 24.3 Å². The molecule has 0 radical (unpaired) electrons. The largest absolute Gasteiger partial charge is 0.349 e. The standard InChI is InChI=1S/C30H44N4O4/c1-7-18(2)27(36)32-26(30(4,5)6)29(38)33-16-15-24-25(33)22(17-34(24)19(3)35)28(37)31-23-14-10-12-20-11-8-9-13-21(20)23/h8-9,11,13,18,22-26H,7,10,12,14-17H2,1-6H3,(H,31,37)(H,32,36)/t18-,22+,23-,24-,25-,26-/m1/s1. The average Bonchev–Trinajstić information content (AvgIpc) is 3.46. The van der Waals surface area contributed by atoms with Gasteiger partial charge in [-0.2, -0.15) is 0 Å². The molecule has 8 heteroatoms. The minimum atomic E-state index is -0.719. The summed E-state index contributed by atoms with van der Waals surface area (Å²) >= 11 is 0. The molecule has 1 aromatic rings. The maximum absolute atomic E-state index is 14.1. The van der Waals surface area contributed by atoms with Crippen molar-refractivity contribution in [3.05, 3.63) is 35.4 Å². The number of nitrogens with zero attached hydrogens (tertiary/aromatic N) is 2. The fourth-order valence-electron chi connectivity index (χ4n) is 6.40. The third kappa shape index (κ3) is 5.45. The van der Waals surface area contributed by atoms with Crippen molar-refractivity contribution in [2.24, 2.45) is 17.3 Å². The summed E-state index contributed by atoms with van der Waals surface area (Å²) in [5, 5.41) is 6.29. The molecule has 2 saturated heterocycles. The number of hydrogen-bond acceptors (Lipinski definition) is 4. The van der Waals surface area contributed by atoms with Crippen LogP contribution in [0.3, 0.4) is 0 Å². The van der Waals surface area contributed by atoms with E-state index < -0.39 is 23.4 Å². The molecule has 0 unspecified atom stereocenters. The molecule has 2 N–H and O–H groups in total. The summed E-state index contributed by atoms with van der Waals surface area (Å²) in [5.41, 5.74) is 1.91. The van der Waals surface area contributed by atoms with E-state index in [1.807, 2.05) is 46.8 Å². The summed E-state index contributed by atoms with van der Waals surface area (Å²) in [6.07, 6.45) is 4.20. The first kappa shape index (κ1) is 28.1. The lowest BCUT2D eigenvalue weighted by Crippen LogP contribution is -2.58. The Hall–Kier alpha value is -2.90. The lowest BCUT2D eigenvalue weighted by atomic mass is 9.84. The minimum absolute atomic E-state index is 0.0695. The van der Waals surface area contributed by atoms with Crippen LogP contribution in [-0.4, -0.2) is 64.6 Å². The van der Waals surface area contributed by atoms with Crippen LogP contribution in [0.4, 0.5) is 0 Å². The van der Waals surface area contributed by atoms with Crippen molar-refractivity contribution in [1.82, 2.24) is 20.4 Å². The summed E-state index contributed by atoms with van der Waals surface area (Å²) in [7, 11) is 0.